The average Bonchev–Trinajstić information content (AvgIpc) is 3.66. The Hall–Kier alpha value is -0.240. The molecule has 208 valence electrons. The van der Waals surface area contributed by atoms with Crippen LogP contribution in [-0.2, 0) is 18.9 Å². The third-order valence-electron chi connectivity index (χ3n) is 9.96. The molecule has 0 amide bonds. The van der Waals surface area contributed by atoms with Crippen LogP contribution in [-0.4, -0.2) is 99.9 Å². The average molecular weight is 507 g/mol. The first-order chi connectivity index (χ1) is 17.4. The molecule has 5 rings (SSSR count). The van der Waals surface area contributed by atoms with Crippen molar-refractivity contribution in [2.45, 2.75) is 78.8 Å². The fourth-order valence-electron chi connectivity index (χ4n) is 8.27. The zero-order valence-corrected chi connectivity index (χ0v) is 23.9. The van der Waals surface area contributed by atoms with E-state index in [1.807, 2.05) is 0 Å². The van der Waals surface area contributed by atoms with Gasteiger partial charge in [0.1, 0.15) is 0 Å². The van der Waals surface area contributed by atoms with Crippen molar-refractivity contribution >= 4 is 0 Å². The number of hydrogen-bond donors (Lipinski definition) is 0. The third kappa shape index (κ3) is 7.04. The van der Waals surface area contributed by atoms with Gasteiger partial charge >= 0.3 is 0 Å². The molecule has 0 aromatic carbocycles. The summed E-state index contributed by atoms with van der Waals surface area (Å²) >= 11 is 0. The molecule has 36 heavy (non-hydrogen) atoms. The highest BCUT2D eigenvalue weighted by Crippen LogP contribution is 2.54. The number of ether oxygens (including phenoxy) is 4. The van der Waals surface area contributed by atoms with Gasteiger partial charge in [0, 0.05) is 39.3 Å². The molecule has 0 spiro atoms. The number of nitrogens with zero attached hydrogens (tertiary/aromatic N) is 2. The van der Waals surface area contributed by atoms with E-state index in [1.54, 1.807) is 0 Å². The predicted octanol–water partition coefficient (Wildman–Crippen LogP) is 4.03. The molecule has 4 heterocycles. The van der Waals surface area contributed by atoms with Crippen molar-refractivity contribution < 1.29 is 18.9 Å². The Morgan fingerprint density at radius 3 is 0.972 bits per heavy atom. The Morgan fingerprint density at radius 1 is 0.500 bits per heavy atom. The molecule has 10 unspecified atom stereocenters. The second-order valence-electron chi connectivity index (χ2n) is 13.4. The maximum atomic E-state index is 5.69. The van der Waals surface area contributed by atoms with Crippen LogP contribution in [0.25, 0.3) is 0 Å². The molecule has 6 nitrogen and oxygen atoms in total. The first kappa shape index (κ1) is 27.3. The molecular formula is C30H54N2O4. The highest BCUT2D eigenvalue weighted by molar-refractivity contribution is 5.01. The van der Waals surface area contributed by atoms with E-state index in [9.17, 15) is 0 Å². The van der Waals surface area contributed by atoms with Gasteiger partial charge in [0.15, 0.2) is 0 Å². The van der Waals surface area contributed by atoms with Crippen LogP contribution < -0.4 is 0 Å². The van der Waals surface area contributed by atoms with Crippen LogP contribution in [0.5, 0.6) is 0 Å². The number of rotatable bonds is 16. The Labute approximate surface area is 220 Å². The minimum atomic E-state index is 0.448. The molecule has 0 N–H and O–H groups in total. The quantitative estimate of drug-likeness (QED) is 0.295. The molecule has 1 aliphatic carbocycles. The van der Waals surface area contributed by atoms with Crippen molar-refractivity contribution in [1.29, 1.82) is 0 Å². The maximum Gasteiger partial charge on any atom is 0.0936 e. The van der Waals surface area contributed by atoms with Crippen LogP contribution in [0.2, 0.25) is 0 Å². The fourth-order valence-corrected chi connectivity index (χ4v) is 8.27. The van der Waals surface area contributed by atoms with Crippen molar-refractivity contribution in [3.8, 4) is 0 Å². The van der Waals surface area contributed by atoms with Crippen LogP contribution in [0.15, 0.2) is 0 Å². The zero-order chi connectivity index (χ0) is 25.4. The lowest BCUT2D eigenvalue weighted by atomic mass is 9.51. The summed E-state index contributed by atoms with van der Waals surface area (Å²) in [6.07, 6.45) is 4.37. The van der Waals surface area contributed by atoms with Crippen LogP contribution in [0, 0.1) is 47.3 Å². The lowest BCUT2D eigenvalue weighted by molar-refractivity contribution is -0.0851. The van der Waals surface area contributed by atoms with Crippen molar-refractivity contribution in [3.05, 3.63) is 0 Å². The van der Waals surface area contributed by atoms with E-state index in [0.717, 1.165) is 88.1 Å². The topological polar surface area (TPSA) is 56.6 Å². The molecule has 4 aliphatic heterocycles. The maximum absolute atomic E-state index is 5.69. The van der Waals surface area contributed by atoms with Crippen molar-refractivity contribution in [2.24, 2.45) is 47.3 Å². The summed E-state index contributed by atoms with van der Waals surface area (Å²) in [7, 11) is 0. The molecular weight excluding hydrogens is 452 g/mol. The summed E-state index contributed by atoms with van der Waals surface area (Å²) in [6.45, 7) is 25.5. The molecule has 10 atom stereocenters. The van der Waals surface area contributed by atoms with E-state index in [0.29, 0.717) is 36.3 Å². The summed E-state index contributed by atoms with van der Waals surface area (Å²) in [5.74, 6) is 5.94. The Bertz CT molecular complexity index is 602. The largest absolute Gasteiger partial charge is 0.372 e. The van der Waals surface area contributed by atoms with Crippen LogP contribution in [0.4, 0.5) is 0 Å². The second-order valence-corrected chi connectivity index (χ2v) is 13.4. The van der Waals surface area contributed by atoms with Gasteiger partial charge < -0.3 is 18.9 Å². The molecule has 0 bridgehead atoms. The SMILES string of the molecule is CCC1C(CC)C(CN(CC2CO2)CC2CO2)C(C(C)C)C(C(C)C)C1CN(CC1CO1)CC1CO1. The van der Waals surface area contributed by atoms with E-state index in [1.165, 1.54) is 25.9 Å². The van der Waals surface area contributed by atoms with Crippen LogP contribution in [0.1, 0.15) is 54.4 Å². The van der Waals surface area contributed by atoms with Gasteiger partial charge in [0.2, 0.25) is 0 Å². The lowest BCUT2D eigenvalue weighted by Crippen LogP contribution is -2.56. The zero-order valence-electron chi connectivity index (χ0n) is 23.9. The highest BCUT2D eigenvalue weighted by atomic mass is 16.6. The van der Waals surface area contributed by atoms with Crippen LogP contribution in [0.3, 0.4) is 0 Å². The Balaban J connectivity index is 1.39. The Morgan fingerprint density at radius 2 is 0.778 bits per heavy atom. The Kier molecular flexibility index (Phi) is 9.02. The van der Waals surface area contributed by atoms with Crippen LogP contribution >= 0.6 is 0 Å². The second kappa shape index (κ2) is 11.9. The number of epoxide rings is 4. The fraction of sp³-hybridized carbons (Fsp3) is 1.00. The van der Waals surface area contributed by atoms with E-state index < -0.39 is 0 Å². The third-order valence-corrected chi connectivity index (χ3v) is 9.96. The minimum Gasteiger partial charge on any atom is -0.372 e. The minimum absolute atomic E-state index is 0.448. The van der Waals surface area contributed by atoms with Gasteiger partial charge in [-0.15, -0.1) is 0 Å². The molecule has 6 heteroatoms. The summed E-state index contributed by atoms with van der Waals surface area (Å²) in [6, 6.07) is 0. The molecule has 5 aliphatic rings. The van der Waals surface area contributed by atoms with Gasteiger partial charge in [0.25, 0.3) is 0 Å². The molecule has 0 aromatic rings. The van der Waals surface area contributed by atoms with Crippen molar-refractivity contribution in [2.75, 3.05) is 65.7 Å². The summed E-state index contributed by atoms with van der Waals surface area (Å²) in [5, 5.41) is 0. The van der Waals surface area contributed by atoms with E-state index in [4.69, 9.17) is 18.9 Å². The molecule has 4 saturated heterocycles. The molecule has 5 fully saturated rings. The summed E-state index contributed by atoms with van der Waals surface area (Å²) in [5.41, 5.74) is 0. The van der Waals surface area contributed by atoms with Crippen molar-refractivity contribution in [1.82, 2.24) is 9.80 Å². The molecule has 0 radical (unpaired) electrons. The standard InChI is InChI=1S/C30H54N2O4/c1-7-25-26(8-2)28(14-32(11-23-17-35-23)12-24-18-36-24)30(20(5)6)29(19(3)4)27(25)13-31(9-21-15-33-21)10-22-16-34-22/h19-30H,7-18H2,1-6H3. The van der Waals surface area contributed by atoms with Gasteiger partial charge in [0.05, 0.1) is 50.8 Å². The van der Waals surface area contributed by atoms with E-state index in [2.05, 4.69) is 51.3 Å². The monoisotopic (exact) mass is 506 g/mol. The summed E-state index contributed by atoms with van der Waals surface area (Å²) < 4.78 is 22.7. The molecule has 1 saturated carbocycles. The normalized spacial score (nSPS) is 41.5. The van der Waals surface area contributed by atoms with Gasteiger partial charge in [-0.2, -0.15) is 0 Å². The smallest absolute Gasteiger partial charge is 0.0936 e. The van der Waals surface area contributed by atoms with Crippen molar-refractivity contribution in [3.63, 3.8) is 0 Å². The number of hydrogen-bond acceptors (Lipinski definition) is 6. The van der Waals surface area contributed by atoms with Gasteiger partial charge in [-0.3, -0.25) is 9.80 Å². The van der Waals surface area contributed by atoms with E-state index >= 15 is 0 Å². The highest BCUT2D eigenvalue weighted by Gasteiger charge is 2.52. The van der Waals surface area contributed by atoms with Gasteiger partial charge in [-0.05, 0) is 47.3 Å². The lowest BCUT2D eigenvalue weighted by Gasteiger charge is -2.56. The van der Waals surface area contributed by atoms with Gasteiger partial charge in [-0.1, -0.05) is 54.4 Å². The predicted molar refractivity (Wildman–Crippen MR) is 143 cm³/mol. The van der Waals surface area contributed by atoms with Gasteiger partial charge in [-0.25, -0.2) is 0 Å². The first-order valence-electron chi connectivity index (χ1n) is 15.3. The molecule has 0 aromatic heterocycles. The first-order valence-corrected chi connectivity index (χ1v) is 15.3. The van der Waals surface area contributed by atoms with E-state index in [-0.39, 0.29) is 0 Å². The summed E-state index contributed by atoms with van der Waals surface area (Å²) in [4.78, 5) is 5.45.